The van der Waals surface area contributed by atoms with Gasteiger partial charge in [-0.1, -0.05) is 56.1 Å². The highest BCUT2D eigenvalue weighted by Crippen LogP contribution is 2.39. The maximum atomic E-state index is 13.4. The first-order valence-electron chi connectivity index (χ1n) is 13.8. The molecule has 0 aromatic heterocycles. The molecule has 2 aromatic rings. The summed E-state index contributed by atoms with van der Waals surface area (Å²) in [5, 5.41) is 15.0. The van der Waals surface area contributed by atoms with E-state index in [1.54, 1.807) is 36.4 Å². The number of carboxylic acid groups (broad SMARTS) is 1. The third-order valence-electron chi connectivity index (χ3n) is 7.35. The van der Waals surface area contributed by atoms with Crippen LogP contribution in [0.4, 0.5) is 18.9 Å². The van der Waals surface area contributed by atoms with E-state index in [9.17, 15) is 22.8 Å². The number of carbonyl (C=O) groups is 2. The maximum absolute atomic E-state index is 13.4. The summed E-state index contributed by atoms with van der Waals surface area (Å²) in [6.07, 6.45) is -1.30. The lowest BCUT2D eigenvalue weighted by Crippen LogP contribution is -2.46. The molecule has 0 unspecified atom stereocenters. The Morgan fingerprint density at radius 1 is 1.00 bits per heavy atom. The number of carbonyl (C=O) groups excluding carboxylic acids is 1. The molecule has 12 heteroatoms. The fourth-order valence-corrected chi connectivity index (χ4v) is 5.62. The molecule has 230 valence electrons. The van der Waals surface area contributed by atoms with E-state index in [2.05, 4.69) is 36.4 Å². The van der Waals surface area contributed by atoms with Crippen molar-refractivity contribution >= 4 is 46.7 Å². The lowest BCUT2D eigenvalue weighted by atomic mass is 9.71. The van der Waals surface area contributed by atoms with E-state index in [0.29, 0.717) is 27.2 Å². The number of hydrogen-bond donors (Lipinski definition) is 3. The summed E-state index contributed by atoms with van der Waals surface area (Å²) in [5.41, 5.74) is 1.65. The van der Waals surface area contributed by atoms with Gasteiger partial charge in [-0.25, -0.2) is 4.99 Å². The standard InChI is InChI=1S/C30H37Cl2F3N4O3/c1-29(2,3)21-8-10-25(11-9-21)39(17-19-4-6-20(7-5-19)27(42)36-13-12-26(40)41)28(37-18-30(33,34)35)38-24-15-22(31)14-23(32)16-24/h4-7,14-16,21,25H,8-13,17-18H2,1-3H3,(H,36,42)(H,37,38)(H,40,41)/t21-,25-. The number of anilines is 1. The van der Waals surface area contributed by atoms with Gasteiger partial charge in [0.2, 0.25) is 0 Å². The number of guanidine groups is 1. The molecular formula is C30H37Cl2F3N4O3. The van der Waals surface area contributed by atoms with Crippen molar-refractivity contribution in [3.63, 3.8) is 0 Å². The van der Waals surface area contributed by atoms with Crippen LogP contribution in [0.25, 0.3) is 0 Å². The second-order valence-corrected chi connectivity index (χ2v) is 12.5. The number of halogens is 5. The van der Waals surface area contributed by atoms with Crippen molar-refractivity contribution in [2.75, 3.05) is 18.4 Å². The van der Waals surface area contributed by atoms with Crippen LogP contribution in [0, 0.1) is 11.3 Å². The van der Waals surface area contributed by atoms with Crippen LogP contribution in [-0.2, 0) is 11.3 Å². The Hall–Kier alpha value is -2.98. The Balaban J connectivity index is 1.91. The molecule has 2 aromatic carbocycles. The molecule has 0 spiro atoms. The van der Waals surface area contributed by atoms with Crippen LogP contribution in [0.3, 0.4) is 0 Å². The fraction of sp³-hybridized carbons (Fsp3) is 0.500. The Bertz CT molecular complexity index is 1240. The highest BCUT2D eigenvalue weighted by Gasteiger charge is 2.34. The highest BCUT2D eigenvalue weighted by molar-refractivity contribution is 6.35. The molecule has 1 saturated carbocycles. The first-order valence-corrected chi connectivity index (χ1v) is 14.6. The Labute approximate surface area is 254 Å². The summed E-state index contributed by atoms with van der Waals surface area (Å²) in [6, 6.07) is 11.3. The van der Waals surface area contributed by atoms with Crippen molar-refractivity contribution in [3.05, 3.63) is 63.6 Å². The second-order valence-electron chi connectivity index (χ2n) is 11.6. The average molecular weight is 630 g/mol. The van der Waals surface area contributed by atoms with Gasteiger partial charge in [-0.05, 0) is 72.9 Å². The number of nitrogens with one attached hydrogen (secondary N) is 2. The average Bonchev–Trinajstić information content (AvgIpc) is 2.88. The van der Waals surface area contributed by atoms with Crippen LogP contribution in [0.1, 0.15) is 68.8 Å². The van der Waals surface area contributed by atoms with E-state index >= 15 is 0 Å². The van der Waals surface area contributed by atoms with Gasteiger partial charge in [0.25, 0.3) is 5.91 Å². The summed E-state index contributed by atoms with van der Waals surface area (Å²) >= 11 is 12.3. The molecule has 1 amide bonds. The van der Waals surface area contributed by atoms with Gasteiger partial charge in [-0.3, -0.25) is 9.59 Å². The van der Waals surface area contributed by atoms with Gasteiger partial charge in [0, 0.05) is 40.4 Å². The zero-order valence-electron chi connectivity index (χ0n) is 23.9. The smallest absolute Gasteiger partial charge is 0.408 e. The Morgan fingerprint density at radius 2 is 1.60 bits per heavy atom. The quantitative estimate of drug-likeness (QED) is 0.196. The van der Waals surface area contributed by atoms with Gasteiger partial charge in [0.05, 0.1) is 6.42 Å². The molecule has 0 heterocycles. The molecule has 1 aliphatic carbocycles. The number of carboxylic acids is 1. The molecule has 0 radical (unpaired) electrons. The van der Waals surface area contributed by atoms with Crippen molar-refractivity contribution in [2.24, 2.45) is 16.3 Å². The van der Waals surface area contributed by atoms with Gasteiger partial charge in [-0.2, -0.15) is 13.2 Å². The number of alkyl halides is 3. The van der Waals surface area contributed by atoms with Crippen molar-refractivity contribution in [3.8, 4) is 0 Å². The van der Waals surface area contributed by atoms with E-state index in [4.69, 9.17) is 28.3 Å². The first-order chi connectivity index (χ1) is 19.6. The summed E-state index contributed by atoms with van der Waals surface area (Å²) < 4.78 is 40.2. The summed E-state index contributed by atoms with van der Waals surface area (Å²) in [7, 11) is 0. The van der Waals surface area contributed by atoms with Gasteiger partial charge < -0.3 is 20.6 Å². The minimum absolute atomic E-state index is 0.000840. The molecule has 0 bridgehead atoms. The number of rotatable bonds is 9. The maximum Gasteiger partial charge on any atom is 0.408 e. The van der Waals surface area contributed by atoms with Gasteiger partial charge in [0.1, 0.15) is 6.54 Å². The number of benzene rings is 2. The lowest BCUT2D eigenvalue weighted by Gasteiger charge is -2.42. The third-order valence-corrected chi connectivity index (χ3v) is 7.79. The van der Waals surface area contributed by atoms with E-state index in [0.717, 1.165) is 31.2 Å². The first kappa shape index (κ1) is 33.5. The van der Waals surface area contributed by atoms with Crippen LogP contribution >= 0.6 is 23.2 Å². The number of aliphatic carboxylic acids is 1. The molecule has 0 saturated heterocycles. The van der Waals surface area contributed by atoms with Crippen molar-refractivity contribution < 1.29 is 27.9 Å². The normalized spacial score (nSPS) is 18.0. The van der Waals surface area contributed by atoms with E-state index in [-0.39, 0.29) is 36.9 Å². The molecule has 0 aliphatic heterocycles. The minimum Gasteiger partial charge on any atom is -0.481 e. The van der Waals surface area contributed by atoms with Gasteiger partial charge in [0.15, 0.2) is 5.96 Å². The predicted molar refractivity (Wildman–Crippen MR) is 160 cm³/mol. The summed E-state index contributed by atoms with van der Waals surface area (Å²) in [4.78, 5) is 29.0. The van der Waals surface area contributed by atoms with Gasteiger partial charge in [-0.15, -0.1) is 0 Å². The summed E-state index contributed by atoms with van der Waals surface area (Å²) in [6.45, 7) is 5.48. The van der Waals surface area contributed by atoms with Crippen molar-refractivity contribution in [2.45, 2.75) is 71.6 Å². The minimum atomic E-state index is -4.51. The van der Waals surface area contributed by atoms with E-state index < -0.39 is 24.6 Å². The summed E-state index contributed by atoms with van der Waals surface area (Å²) in [5.74, 6) is -0.879. The van der Waals surface area contributed by atoms with Crippen LogP contribution in [0.2, 0.25) is 10.0 Å². The van der Waals surface area contributed by atoms with Crippen molar-refractivity contribution in [1.29, 1.82) is 0 Å². The van der Waals surface area contributed by atoms with Crippen LogP contribution in [0.15, 0.2) is 47.5 Å². The highest BCUT2D eigenvalue weighted by atomic mass is 35.5. The van der Waals surface area contributed by atoms with Crippen molar-refractivity contribution in [1.82, 2.24) is 10.2 Å². The monoisotopic (exact) mass is 628 g/mol. The molecule has 42 heavy (non-hydrogen) atoms. The topological polar surface area (TPSA) is 94.0 Å². The zero-order chi connectivity index (χ0) is 31.1. The SMILES string of the molecule is CC(C)(C)[C@H]1CC[C@H](N(Cc2ccc(C(=O)NCCC(=O)O)cc2)/C(=N\CC(F)(F)F)Nc2cc(Cl)cc(Cl)c2)CC1. The molecular weight excluding hydrogens is 592 g/mol. The molecule has 0 atom stereocenters. The van der Waals surface area contributed by atoms with Crippen LogP contribution in [-0.4, -0.2) is 53.2 Å². The largest absolute Gasteiger partial charge is 0.481 e. The molecule has 3 rings (SSSR count). The van der Waals surface area contributed by atoms with Crippen LogP contribution < -0.4 is 10.6 Å². The number of aliphatic imine (C=N–C) groups is 1. The second kappa shape index (κ2) is 14.5. The molecule has 1 fully saturated rings. The number of hydrogen-bond acceptors (Lipinski definition) is 3. The third kappa shape index (κ3) is 10.7. The van der Waals surface area contributed by atoms with E-state index in [1.807, 2.05) is 4.90 Å². The molecule has 3 N–H and O–H groups in total. The van der Waals surface area contributed by atoms with E-state index in [1.165, 1.54) is 6.07 Å². The van der Waals surface area contributed by atoms with Gasteiger partial charge >= 0.3 is 12.1 Å². The molecule has 7 nitrogen and oxygen atoms in total. The Morgan fingerprint density at radius 3 is 2.12 bits per heavy atom. The predicted octanol–water partition coefficient (Wildman–Crippen LogP) is 7.64. The lowest BCUT2D eigenvalue weighted by molar-refractivity contribution is -0.136. The van der Waals surface area contributed by atoms with Crippen LogP contribution in [0.5, 0.6) is 0 Å². The zero-order valence-corrected chi connectivity index (χ0v) is 25.4. The number of amides is 1. The fourth-order valence-electron chi connectivity index (χ4n) is 5.10. The molecule has 1 aliphatic rings. The Kier molecular flexibility index (Phi) is 11.5. The number of nitrogens with zero attached hydrogens (tertiary/aromatic N) is 2.